The van der Waals surface area contributed by atoms with Crippen molar-refractivity contribution < 1.29 is 9.84 Å². The van der Waals surface area contributed by atoms with Gasteiger partial charge in [0, 0.05) is 12.6 Å². The molecule has 102 valence electrons. The first-order valence-corrected chi connectivity index (χ1v) is 6.78. The highest BCUT2D eigenvalue weighted by atomic mass is 16.5. The molecule has 0 saturated heterocycles. The Labute approximate surface area is 114 Å². The highest BCUT2D eigenvalue weighted by Crippen LogP contribution is 2.26. The molecule has 0 bridgehead atoms. The largest absolute Gasteiger partial charge is 0.491 e. The van der Waals surface area contributed by atoms with Crippen molar-refractivity contribution in [2.45, 2.75) is 31.9 Å². The molecular weight excluding hydrogens is 240 g/mol. The van der Waals surface area contributed by atoms with Crippen molar-refractivity contribution in [2.24, 2.45) is 0 Å². The molecule has 1 fully saturated rings. The number of likely N-dealkylation sites (N-methyl/N-ethyl adjacent to an activating group) is 1. The third-order valence-electron chi connectivity index (χ3n) is 3.32. The van der Waals surface area contributed by atoms with Gasteiger partial charge in [0.05, 0.1) is 11.6 Å². The minimum Gasteiger partial charge on any atom is -0.491 e. The van der Waals surface area contributed by atoms with E-state index in [0.717, 1.165) is 6.54 Å². The van der Waals surface area contributed by atoms with Crippen molar-refractivity contribution in [2.75, 3.05) is 19.7 Å². The van der Waals surface area contributed by atoms with Crippen LogP contribution in [0, 0.1) is 11.3 Å². The zero-order valence-electron chi connectivity index (χ0n) is 11.2. The van der Waals surface area contributed by atoms with Crippen molar-refractivity contribution >= 4 is 0 Å². The van der Waals surface area contributed by atoms with Gasteiger partial charge >= 0.3 is 0 Å². The molecule has 1 N–H and O–H groups in total. The van der Waals surface area contributed by atoms with E-state index >= 15 is 0 Å². The fourth-order valence-corrected chi connectivity index (χ4v) is 2.15. The molecule has 0 spiro atoms. The maximum Gasteiger partial charge on any atom is 0.120 e. The van der Waals surface area contributed by atoms with Crippen LogP contribution in [0.1, 0.15) is 25.3 Å². The molecule has 1 aliphatic carbocycles. The summed E-state index contributed by atoms with van der Waals surface area (Å²) in [6.45, 7) is 3.99. The average Bonchev–Trinajstić information content (AvgIpc) is 3.27. The number of ether oxygens (including phenoxy) is 1. The van der Waals surface area contributed by atoms with E-state index in [1.165, 1.54) is 12.8 Å². The number of hydrogen-bond acceptors (Lipinski definition) is 4. The first-order valence-electron chi connectivity index (χ1n) is 6.78. The number of rotatable bonds is 7. The minimum absolute atomic E-state index is 0.262. The first-order chi connectivity index (χ1) is 9.22. The van der Waals surface area contributed by atoms with Crippen LogP contribution in [0.25, 0.3) is 0 Å². The Bertz CT molecular complexity index is 452. The van der Waals surface area contributed by atoms with Crippen LogP contribution < -0.4 is 4.74 Å². The Balaban J connectivity index is 1.79. The van der Waals surface area contributed by atoms with E-state index in [9.17, 15) is 5.11 Å². The van der Waals surface area contributed by atoms with Gasteiger partial charge in [-0.3, -0.25) is 4.90 Å². The Kier molecular flexibility index (Phi) is 4.78. The third kappa shape index (κ3) is 4.23. The molecule has 0 aliphatic heterocycles. The van der Waals surface area contributed by atoms with E-state index in [1.807, 2.05) is 0 Å². The lowest BCUT2D eigenvalue weighted by Gasteiger charge is -2.23. The molecule has 1 aromatic rings. The van der Waals surface area contributed by atoms with Crippen LogP contribution in [0.3, 0.4) is 0 Å². The summed E-state index contributed by atoms with van der Waals surface area (Å²) < 4.78 is 5.53. The van der Waals surface area contributed by atoms with E-state index in [4.69, 9.17) is 10.00 Å². The van der Waals surface area contributed by atoms with E-state index in [-0.39, 0.29) is 6.61 Å². The van der Waals surface area contributed by atoms with E-state index in [1.54, 1.807) is 24.3 Å². The highest BCUT2D eigenvalue weighted by molar-refractivity contribution is 5.36. The maximum atomic E-state index is 9.98. The standard InChI is InChI=1S/C15H20N2O2/c1-2-17(13-6-7-13)10-14(18)11-19-15-5-3-4-12(8-15)9-16/h3-5,8,13-14,18H,2,6-7,10-11H2,1H3. The Hall–Kier alpha value is -1.57. The quantitative estimate of drug-likeness (QED) is 0.812. The molecule has 1 aromatic carbocycles. The number of nitriles is 1. The van der Waals surface area contributed by atoms with E-state index in [0.29, 0.717) is 23.9 Å². The van der Waals surface area contributed by atoms with Crippen LogP contribution in [0.5, 0.6) is 5.75 Å². The van der Waals surface area contributed by atoms with Gasteiger partial charge in [-0.25, -0.2) is 0 Å². The lowest BCUT2D eigenvalue weighted by atomic mass is 10.2. The summed E-state index contributed by atoms with van der Waals surface area (Å²) in [4.78, 5) is 2.29. The van der Waals surface area contributed by atoms with Crippen LogP contribution in [0.15, 0.2) is 24.3 Å². The molecule has 19 heavy (non-hydrogen) atoms. The summed E-state index contributed by atoms with van der Waals surface area (Å²) in [5, 5.41) is 18.8. The van der Waals surface area contributed by atoms with Crippen molar-refractivity contribution in [1.29, 1.82) is 5.26 Å². The van der Waals surface area contributed by atoms with Crippen LogP contribution in [0.2, 0.25) is 0 Å². The summed E-state index contributed by atoms with van der Waals surface area (Å²) in [7, 11) is 0. The summed E-state index contributed by atoms with van der Waals surface area (Å²) in [5.74, 6) is 0.632. The molecule has 1 unspecified atom stereocenters. The van der Waals surface area contributed by atoms with Crippen LogP contribution in [0.4, 0.5) is 0 Å². The molecule has 0 aromatic heterocycles. The number of nitrogens with zero attached hydrogens (tertiary/aromatic N) is 2. The molecule has 4 heteroatoms. The number of benzene rings is 1. The second-order valence-electron chi connectivity index (χ2n) is 4.92. The smallest absolute Gasteiger partial charge is 0.120 e. The van der Waals surface area contributed by atoms with Crippen molar-refractivity contribution in [3.05, 3.63) is 29.8 Å². The molecule has 0 amide bonds. The molecule has 1 atom stereocenters. The second kappa shape index (κ2) is 6.55. The molecule has 1 saturated carbocycles. The number of aliphatic hydroxyl groups is 1. The van der Waals surface area contributed by atoms with Gasteiger partial charge in [0.15, 0.2) is 0 Å². The van der Waals surface area contributed by atoms with Gasteiger partial charge in [0.25, 0.3) is 0 Å². The second-order valence-corrected chi connectivity index (χ2v) is 4.92. The lowest BCUT2D eigenvalue weighted by Crippen LogP contribution is -2.36. The van der Waals surface area contributed by atoms with Crippen LogP contribution >= 0.6 is 0 Å². The highest BCUT2D eigenvalue weighted by Gasteiger charge is 2.29. The molecular formula is C15H20N2O2. The van der Waals surface area contributed by atoms with Crippen LogP contribution in [-0.2, 0) is 0 Å². The van der Waals surface area contributed by atoms with E-state index < -0.39 is 6.10 Å². The van der Waals surface area contributed by atoms with Gasteiger partial charge < -0.3 is 9.84 Å². The Morgan fingerprint density at radius 1 is 1.53 bits per heavy atom. The lowest BCUT2D eigenvalue weighted by molar-refractivity contribution is 0.0673. The fraction of sp³-hybridized carbons (Fsp3) is 0.533. The first kappa shape index (κ1) is 13.9. The Morgan fingerprint density at radius 2 is 2.32 bits per heavy atom. The van der Waals surface area contributed by atoms with Crippen molar-refractivity contribution in [1.82, 2.24) is 4.90 Å². The number of aliphatic hydroxyl groups excluding tert-OH is 1. The third-order valence-corrected chi connectivity index (χ3v) is 3.32. The van der Waals surface area contributed by atoms with Gasteiger partial charge in [-0.2, -0.15) is 5.26 Å². The van der Waals surface area contributed by atoms with Gasteiger partial charge in [-0.1, -0.05) is 13.0 Å². The van der Waals surface area contributed by atoms with Gasteiger partial charge in [0.1, 0.15) is 18.5 Å². The topological polar surface area (TPSA) is 56.5 Å². The molecule has 2 rings (SSSR count). The zero-order valence-corrected chi connectivity index (χ0v) is 11.2. The van der Waals surface area contributed by atoms with Crippen LogP contribution in [-0.4, -0.2) is 41.8 Å². The maximum absolute atomic E-state index is 9.98. The van der Waals surface area contributed by atoms with E-state index in [2.05, 4.69) is 17.9 Å². The predicted octanol–water partition coefficient (Wildman–Crippen LogP) is 1.78. The summed E-state index contributed by atoms with van der Waals surface area (Å²) in [6.07, 6.45) is 1.99. The minimum atomic E-state index is -0.494. The SMILES string of the molecule is CCN(CC(O)COc1cccc(C#N)c1)C1CC1. The van der Waals surface area contributed by atoms with Gasteiger partial charge in [0.2, 0.25) is 0 Å². The predicted molar refractivity (Wildman–Crippen MR) is 72.9 cm³/mol. The number of hydrogen-bond donors (Lipinski definition) is 1. The summed E-state index contributed by atoms with van der Waals surface area (Å²) >= 11 is 0. The molecule has 0 heterocycles. The summed E-state index contributed by atoms with van der Waals surface area (Å²) in [5.41, 5.74) is 0.570. The zero-order chi connectivity index (χ0) is 13.7. The molecule has 4 nitrogen and oxygen atoms in total. The molecule has 1 aliphatic rings. The monoisotopic (exact) mass is 260 g/mol. The molecule has 0 radical (unpaired) electrons. The van der Waals surface area contributed by atoms with Crippen molar-refractivity contribution in [3.63, 3.8) is 0 Å². The van der Waals surface area contributed by atoms with Gasteiger partial charge in [-0.15, -0.1) is 0 Å². The Morgan fingerprint density at radius 3 is 2.95 bits per heavy atom. The summed E-state index contributed by atoms with van der Waals surface area (Å²) in [6, 6.07) is 9.72. The van der Waals surface area contributed by atoms with Gasteiger partial charge in [-0.05, 0) is 37.6 Å². The normalized spacial score (nSPS) is 16.1. The fourth-order valence-electron chi connectivity index (χ4n) is 2.15. The average molecular weight is 260 g/mol. The van der Waals surface area contributed by atoms with Crippen molar-refractivity contribution in [3.8, 4) is 11.8 Å².